The van der Waals surface area contributed by atoms with Gasteiger partial charge in [-0.1, -0.05) is 50.2 Å². The van der Waals surface area contributed by atoms with E-state index < -0.39 is 15.7 Å². The van der Waals surface area contributed by atoms with Crippen LogP contribution < -0.4 is 0 Å². The predicted molar refractivity (Wildman–Crippen MR) is 102 cm³/mol. The van der Waals surface area contributed by atoms with Crippen LogP contribution in [0, 0.1) is 18.7 Å². The molecule has 0 saturated heterocycles. The molecule has 5 nitrogen and oxygen atoms in total. The number of aromatic nitrogens is 3. The van der Waals surface area contributed by atoms with Crippen molar-refractivity contribution >= 4 is 9.84 Å². The first-order chi connectivity index (χ1) is 12.8. The first-order valence-electron chi connectivity index (χ1n) is 8.75. The van der Waals surface area contributed by atoms with E-state index in [-0.39, 0.29) is 28.2 Å². The fraction of sp³-hybridized carbons (Fsp3) is 0.300. The van der Waals surface area contributed by atoms with Gasteiger partial charge in [-0.2, -0.15) is 0 Å². The van der Waals surface area contributed by atoms with Gasteiger partial charge in [0.2, 0.25) is 15.0 Å². The first-order valence-corrected chi connectivity index (χ1v) is 10.4. The lowest BCUT2D eigenvalue weighted by Crippen LogP contribution is -2.16. The summed E-state index contributed by atoms with van der Waals surface area (Å²) in [6, 6.07) is 13.5. The molecular weight excluding hydrogens is 365 g/mol. The minimum Gasteiger partial charge on any atom is -0.298 e. The largest absolute Gasteiger partial charge is 0.298 e. The lowest BCUT2D eigenvalue weighted by molar-refractivity contribution is 0.484. The van der Waals surface area contributed by atoms with Crippen molar-refractivity contribution in [1.82, 2.24) is 14.8 Å². The molecule has 0 aliphatic carbocycles. The van der Waals surface area contributed by atoms with Crippen LogP contribution in [-0.4, -0.2) is 23.2 Å². The van der Waals surface area contributed by atoms with Crippen LogP contribution in [0.5, 0.6) is 0 Å². The van der Waals surface area contributed by atoms with Gasteiger partial charge in [-0.3, -0.25) is 4.57 Å². The zero-order valence-corrected chi connectivity index (χ0v) is 16.4. The van der Waals surface area contributed by atoms with Crippen molar-refractivity contribution in [2.45, 2.75) is 38.2 Å². The van der Waals surface area contributed by atoms with Crippen LogP contribution in [0.25, 0.3) is 11.4 Å². The number of benzene rings is 2. The normalized spacial score (nSPS) is 11.9. The molecule has 0 fully saturated rings. The van der Waals surface area contributed by atoms with Crippen LogP contribution in [0.4, 0.5) is 4.39 Å². The highest BCUT2D eigenvalue weighted by Crippen LogP contribution is 2.26. The average molecular weight is 387 g/mol. The van der Waals surface area contributed by atoms with Gasteiger partial charge in [-0.15, -0.1) is 10.2 Å². The topological polar surface area (TPSA) is 64.8 Å². The fourth-order valence-electron chi connectivity index (χ4n) is 2.93. The van der Waals surface area contributed by atoms with Gasteiger partial charge in [0.25, 0.3) is 0 Å². The van der Waals surface area contributed by atoms with Gasteiger partial charge in [-0.25, -0.2) is 12.8 Å². The summed E-state index contributed by atoms with van der Waals surface area (Å²) in [5.74, 6) is -0.269. The number of aryl methyl sites for hydroxylation is 1. The van der Waals surface area contributed by atoms with E-state index in [9.17, 15) is 12.8 Å². The maximum Gasteiger partial charge on any atom is 0.250 e. The molecule has 3 aromatic rings. The molecule has 27 heavy (non-hydrogen) atoms. The van der Waals surface area contributed by atoms with Gasteiger partial charge in [0, 0.05) is 6.54 Å². The van der Waals surface area contributed by atoms with E-state index in [4.69, 9.17) is 0 Å². The Kier molecular flexibility index (Phi) is 5.41. The van der Waals surface area contributed by atoms with Crippen LogP contribution in [0.3, 0.4) is 0 Å². The van der Waals surface area contributed by atoms with Gasteiger partial charge >= 0.3 is 0 Å². The Hall–Kier alpha value is -2.54. The lowest BCUT2D eigenvalue weighted by Gasteiger charge is -2.14. The summed E-state index contributed by atoms with van der Waals surface area (Å²) in [6.45, 7) is 6.17. The third-order valence-corrected chi connectivity index (χ3v) is 5.81. The maximum absolute atomic E-state index is 14.3. The van der Waals surface area contributed by atoms with E-state index in [1.165, 1.54) is 10.6 Å². The second-order valence-electron chi connectivity index (χ2n) is 6.98. The SMILES string of the molecule is Cc1ccccc1CS(=O)(=O)c1nnc(-c2ccccc2F)n1CC(C)C. The van der Waals surface area contributed by atoms with Gasteiger partial charge in [0.15, 0.2) is 5.82 Å². The number of hydrogen-bond acceptors (Lipinski definition) is 4. The van der Waals surface area contributed by atoms with Crippen molar-refractivity contribution in [3.63, 3.8) is 0 Å². The van der Waals surface area contributed by atoms with Crippen molar-refractivity contribution in [2.24, 2.45) is 5.92 Å². The van der Waals surface area contributed by atoms with Gasteiger partial charge in [-0.05, 0) is 36.1 Å². The fourth-order valence-corrected chi connectivity index (χ4v) is 4.46. The molecule has 0 aliphatic rings. The second-order valence-corrected chi connectivity index (χ2v) is 8.86. The van der Waals surface area contributed by atoms with E-state index in [2.05, 4.69) is 10.2 Å². The van der Waals surface area contributed by atoms with Crippen LogP contribution in [-0.2, 0) is 22.1 Å². The molecule has 0 N–H and O–H groups in total. The molecule has 0 unspecified atom stereocenters. The minimum atomic E-state index is -3.75. The zero-order chi connectivity index (χ0) is 19.6. The number of halogens is 1. The molecule has 2 aromatic carbocycles. The molecule has 0 amide bonds. The van der Waals surface area contributed by atoms with Gasteiger partial charge < -0.3 is 0 Å². The van der Waals surface area contributed by atoms with E-state index >= 15 is 0 Å². The van der Waals surface area contributed by atoms with Crippen molar-refractivity contribution in [3.05, 3.63) is 65.5 Å². The van der Waals surface area contributed by atoms with E-state index in [0.29, 0.717) is 12.1 Å². The Bertz CT molecular complexity index is 1060. The standard InChI is InChI=1S/C20H22FN3O2S/c1-14(2)12-24-19(17-10-6-7-11-18(17)21)22-23-20(24)27(25,26)13-16-9-5-4-8-15(16)3/h4-11,14H,12-13H2,1-3H3. The molecule has 0 bridgehead atoms. The maximum atomic E-state index is 14.3. The number of rotatable bonds is 6. The van der Waals surface area contributed by atoms with Gasteiger partial charge in [0.1, 0.15) is 5.82 Å². The molecule has 0 atom stereocenters. The molecular formula is C20H22FN3O2S. The lowest BCUT2D eigenvalue weighted by atomic mass is 10.1. The molecule has 142 valence electrons. The molecule has 0 radical (unpaired) electrons. The summed E-state index contributed by atoms with van der Waals surface area (Å²) in [6.07, 6.45) is 0. The summed E-state index contributed by atoms with van der Waals surface area (Å²) in [7, 11) is -3.75. The summed E-state index contributed by atoms with van der Waals surface area (Å²) >= 11 is 0. The van der Waals surface area contributed by atoms with Crippen molar-refractivity contribution < 1.29 is 12.8 Å². The molecule has 7 heteroatoms. The smallest absolute Gasteiger partial charge is 0.250 e. The summed E-state index contributed by atoms with van der Waals surface area (Å²) < 4.78 is 41.9. The zero-order valence-electron chi connectivity index (χ0n) is 15.6. The minimum absolute atomic E-state index is 0.127. The summed E-state index contributed by atoms with van der Waals surface area (Å²) in [4.78, 5) is 0. The van der Waals surface area contributed by atoms with Crippen molar-refractivity contribution in [1.29, 1.82) is 0 Å². The molecule has 3 rings (SSSR count). The van der Waals surface area contributed by atoms with E-state index in [0.717, 1.165) is 5.56 Å². The van der Waals surface area contributed by atoms with E-state index in [1.807, 2.05) is 39.0 Å². The summed E-state index contributed by atoms with van der Waals surface area (Å²) in [5, 5.41) is 7.84. The van der Waals surface area contributed by atoms with Crippen LogP contribution >= 0.6 is 0 Å². The van der Waals surface area contributed by atoms with Crippen LogP contribution in [0.1, 0.15) is 25.0 Å². The molecule has 0 spiro atoms. The molecule has 1 heterocycles. The molecule has 0 aliphatic heterocycles. The number of sulfone groups is 1. The highest BCUT2D eigenvalue weighted by Gasteiger charge is 2.27. The Balaban J connectivity index is 2.10. The van der Waals surface area contributed by atoms with E-state index in [1.54, 1.807) is 24.3 Å². The Morgan fingerprint density at radius 1 is 1.04 bits per heavy atom. The third kappa shape index (κ3) is 4.08. The Morgan fingerprint density at radius 2 is 1.70 bits per heavy atom. The quantitative estimate of drug-likeness (QED) is 0.641. The summed E-state index contributed by atoms with van der Waals surface area (Å²) in [5.41, 5.74) is 1.84. The highest BCUT2D eigenvalue weighted by molar-refractivity contribution is 7.90. The van der Waals surface area contributed by atoms with Crippen LogP contribution in [0.2, 0.25) is 0 Å². The third-order valence-electron chi connectivity index (χ3n) is 4.26. The second kappa shape index (κ2) is 7.60. The molecule has 1 aromatic heterocycles. The number of hydrogen-bond donors (Lipinski definition) is 0. The average Bonchev–Trinajstić information content (AvgIpc) is 3.01. The van der Waals surface area contributed by atoms with Crippen molar-refractivity contribution in [2.75, 3.05) is 0 Å². The predicted octanol–water partition coefficient (Wildman–Crippen LogP) is 4.02. The Morgan fingerprint density at radius 3 is 2.37 bits per heavy atom. The highest BCUT2D eigenvalue weighted by atomic mass is 32.2. The monoisotopic (exact) mass is 387 g/mol. The Labute approximate surface area is 158 Å². The molecule has 0 saturated carbocycles. The van der Waals surface area contributed by atoms with Gasteiger partial charge in [0.05, 0.1) is 11.3 Å². The van der Waals surface area contributed by atoms with Crippen molar-refractivity contribution in [3.8, 4) is 11.4 Å². The first kappa shape index (κ1) is 19.2. The number of nitrogens with zero attached hydrogens (tertiary/aromatic N) is 3. The van der Waals surface area contributed by atoms with Crippen LogP contribution in [0.15, 0.2) is 53.7 Å².